The Morgan fingerprint density at radius 3 is 2.86 bits per heavy atom. The van der Waals surface area contributed by atoms with Crippen LogP contribution in [0.5, 0.6) is 0 Å². The molecule has 0 aliphatic carbocycles. The summed E-state index contributed by atoms with van der Waals surface area (Å²) in [7, 11) is 1.21. The summed E-state index contributed by atoms with van der Waals surface area (Å²) < 4.78 is 19.0. The number of halogens is 1. The van der Waals surface area contributed by atoms with E-state index in [1.165, 1.54) is 13.3 Å². The highest BCUT2D eigenvalue weighted by Gasteiger charge is 2.17. The molecule has 1 rings (SSSR count). The van der Waals surface area contributed by atoms with Crippen LogP contribution in [-0.4, -0.2) is 22.9 Å². The van der Waals surface area contributed by atoms with Crippen LogP contribution < -0.4 is 0 Å². The number of carbonyl (C=O) groups excluding carboxylic acids is 1. The van der Waals surface area contributed by atoms with E-state index in [1.807, 2.05) is 13.8 Å². The van der Waals surface area contributed by atoms with Gasteiger partial charge < -0.3 is 4.74 Å². The third-order valence-electron chi connectivity index (χ3n) is 1.72. The van der Waals surface area contributed by atoms with Gasteiger partial charge in [0.25, 0.3) is 0 Å². The lowest BCUT2D eigenvalue weighted by molar-refractivity contribution is 0.0594. The van der Waals surface area contributed by atoms with E-state index in [4.69, 9.17) is 0 Å². The number of methoxy groups -OCH3 is 1. The highest BCUT2D eigenvalue weighted by molar-refractivity contribution is 5.88. The fourth-order valence-corrected chi connectivity index (χ4v) is 1.09. The third-order valence-corrected chi connectivity index (χ3v) is 1.72. The monoisotopic (exact) mass is 200 g/mol. The molecule has 0 spiro atoms. The number of esters is 1. The van der Waals surface area contributed by atoms with Gasteiger partial charge in [-0.1, -0.05) is 13.8 Å². The van der Waals surface area contributed by atoms with Gasteiger partial charge in [-0.3, -0.25) is 0 Å². The van der Waals surface area contributed by atoms with Gasteiger partial charge >= 0.3 is 5.97 Å². The van der Waals surface area contributed by atoms with Crippen LogP contribution in [0.3, 0.4) is 0 Å². The molecule has 4 nitrogen and oxygen atoms in total. The summed E-state index contributed by atoms with van der Waals surface area (Å²) in [5.74, 6) is -1.06. The summed E-state index contributed by atoms with van der Waals surface area (Å²) in [5, 5.41) is 3.77. The lowest BCUT2D eigenvalue weighted by Crippen LogP contribution is -2.10. The van der Waals surface area contributed by atoms with Crippen molar-refractivity contribution in [2.45, 2.75) is 20.4 Å². The van der Waals surface area contributed by atoms with Gasteiger partial charge in [-0.2, -0.15) is 9.49 Å². The molecule has 14 heavy (non-hydrogen) atoms. The fourth-order valence-electron chi connectivity index (χ4n) is 1.09. The number of hydrogen-bond donors (Lipinski definition) is 0. The Balaban J connectivity index is 2.90. The molecule has 0 aliphatic heterocycles. The molecule has 1 aromatic rings. The summed E-state index contributed by atoms with van der Waals surface area (Å²) in [6.07, 6.45) is 1.18. The second-order valence-electron chi connectivity index (χ2n) is 3.42. The van der Waals surface area contributed by atoms with Crippen molar-refractivity contribution in [1.82, 2.24) is 9.78 Å². The second-order valence-corrected chi connectivity index (χ2v) is 3.42. The maximum Gasteiger partial charge on any atom is 0.344 e. The highest BCUT2D eigenvalue weighted by atomic mass is 19.1. The molecule has 0 fully saturated rings. The van der Waals surface area contributed by atoms with Gasteiger partial charge in [-0.25, -0.2) is 9.48 Å². The first kappa shape index (κ1) is 10.7. The summed E-state index contributed by atoms with van der Waals surface area (Å²) in [6.45, 7) is 4.33. The summed E-state index contributed by atoms with van der Waals surface area (Å²) in [6, 6.07) is 0. The molecule has 0 atom stereocenters. The first-order valence-corrected chi connectivity index (χ1v) is 4.36. The lowest BCUT2D eigenvalue weighted by Gasteiger charge is -2.04. The van der Waals surface area contributed by atoms with Crippen molar-refractivity contribution in [1.29, 1.82) is 0 Å². The van der Waals surface area contributed by atoms with E-state index in [2.05, 4.69) is 9.84 Å². The molecule has 0 aliphatic rings. The SMILES string of the molecule is COC(=O)c1cnn(CC(C)C)c1F. The number of nitrogens with zero attached hydrogens (tertiary/aromatic N) is 2. The van der Waals surface area contributed by atoms with Crippen LogP contribution in [0.2, 0.25) is 0 Å². The van der Waals surface area contributed by atoms with Crippen LogP contribution in [0, 0.1) is 11.9 Å². The predicted molar refractivity (Wildman–Crippen MR) is 48.4 cm³/mol. The summed E-state index contributed by atoms with van der Waals surface area (Å²) in [5.41, 5.74) is -0.117. The largest absolute Gasteiger partial charge is 0.465 e. The van der Waals surface area contributed by atoms with Crippen LogP contribution in [0.15, 0.2) is 6.20 Å². The highest BCUT2D eigenvalue weighted by Crippen LogP contribution is 2.09. The molecule has 0 amide bonds. The van der Waals surface area contributed by atoms with Crippen LogP contribution in [0.25, 0.3) is 0 Å². The Morgan fingerprint density at radius 1 is 1.71 bits per heavy atom. The van der Waals surface area contributed by atoms with Gasteiger partial charge in [0.2, 0.25) is 5.95 Å². The molecule has 0 bridgehead atoms. The van der Waals surface area contributed by atoms with Crippen molar-refractivity contribution in [3.63, 3.8) is 0 Å². The van der Waals surface area contributed by atoms with Crippen LogP contribution >= 0.6 is 0 Å². The topological polar surface area (TPSA) is 44.1 Å². The van der Waals surface area contributed by atoms with Crippen LogP contribution in [0.1, 0.15) is 24.2 Å². The van der Waals surface area contributed by atoms with Crippen molar-refractivity contribution in [2.24, 2.45) is 5.92 Å². The Labute approximate surface area is 81.7 Å². The minimum Gasteiger partial charge on any atom is -0.465 e. The molecule has 78 valence electrons. The third kappa shape index (κ3) is 2.10. The normalized spacial score (nSPS) is 10.6. The second kappa shape index (κ2) is 4.21. The number of carbonyl (C=O) groups is 1. The Bertz CT molecular complexity index is 334. The first-order chi connectivity index (χ1) is 6.56. The molecule has 1 aromatic heterocycles. The first-order valence-electron chi connectivity index (χ1n) is 4.36. The van der Waals surface area contributed by atoms with E-state index in [1.54, 1.807) is 0 Å². The molecule has 0 saturated carbocycles. The van der Waals surface area contributed by atoms with Crippen LogP contribution in [0.4, 0.5) is 4.39 Å². The average Bonchev–Trinajstić information content (AvgIpc) is 2.46. The predicted octanol–water partition coefficient (Wildman–Crippen LogP) is 1.46. The Morgan fingerprint density at radius 2 is 2.36 bits per heavy atom. The average molecular weight is 200 g/mol. The molecule has 1 heterocycles. The Kier molecular flexibility index (Phi) is 3.22. The summed E-state index contributed by atoms with van der Waals surface area (Å²) >= 11 is 0. The molecule has 0 aromatic carbocycles. The van der Waals surface area contributed by atoms with Crippen molar-refractivity contribution in [3.8, 4) is 0 Å². The molecule has 0 N–H and O–H groups in total. The van der Waals surface area contributed by atoms with Crippen molar-refractivity contribution >= 4 is 5.97 Å². The Hall–Kier alpha value is -1.39. The molecule has 0 saturated heterocycles. The number of hydrogen-bond acceptors (Lipinski definition) is 3. The zero-order chi connectivity index (χ0) is 10.7. The quantitative estimate of drug-likeness (QED) is 0.694. The minimum atomic E-state index is -0.697. The van der Waals surface area contributed by atoms with Crippen molar-refractivity contribution < 1.29 is 13.9 Å². The zero-order valence-electron chi connectivity index (χ0n) is 8.45. The van der Waals surface area contributed by atoms with E-state index in [0.717, 1.165) is 4.68 Å². The molecular weight excluding hydrogens is 187 g/mol. The van der Waals surface area contributed by atoms with Gasteiger partial charge in [0.1, 0.15) is 5.56 Å². The van der Waals surface area contributed by atoms with Gasteiger partial charge in [0.15, 0.2) is 0 Å². The smallest absolute Gasteiger partial charge is 0.344 e. The van der Waals surface area contributed by atoms with E-state index >= 15 is 0 Å². The van der Waals surface area contributed by atoms with Gasteiger partial charge in [0, 0.05) is 6.54 Å². The van der Waals surface area contributed by atoms with Gasteiger partial charge in [-0.05, 0) is 5.92 Å². The van der Waals surface area contributed by atoms with E-state index in [-0.39, 0.29) is 11.5 Å². The molecule has 5 heteroatoms. The van der Waals surface area contributed by atoms with E-state index < -0.39 is 11.9 Å². The van der Waals surface area contributed by atoms with Gasteiger partial charge in [-0.15, -0.1) is 0 Å². The number of ether oxygens (including phenoxy) is 1. The number of aromatic nitrogens is 2. The minimum absolute atomic E-state index is 0.117. The van der Waals surface area contributed by atoms with E-state index in [9.17, 15) is 9.18 Å². The zero-order valence-corrected chi connectivity index (χ0v) is 8.45. The lowest BCUT2D eigenvalue weighted by atomic mass is 10.2. The maximum absolute atomic E-state index is 13.4. The molecule has 0 unspecified atom stereocenters. The standard InChI is InChI=1S/C9H13FN2O2/c1-6(2)5-12-8(10)7(4-11-12)9(13)14-3/h4,6H,5H2,1-3H3. The van der Waals surface area contributed by atoms with Crippen molar-refractivity contribution in [2.75, 3.05) is 7.11 Å². The summed E-state index contributed by atoms with van der Waals surface area (Å²) in [4.78, 5) is 11.0. The van der Waals surface area contributed by atoms with E-state index in [0.29, 0.717) is 6.54 Å². The van der Waals surface area contributed by atoms with Crippen molar-refractivity contribution in [3.05, 3.63) is 17.7 Å². The fraction of sp³-hybridized carbons (Fsp3) is 0.556. The number of rotatable bonds is 3. The maximum atomic E-state index is 13.4. The van der Waals surface area contributed by atoms with Crippen LogP contribution in [-0.2, 0) is 11.3 Å². The molecular formula is C9H13FN2O2. The van der Waals surface area contributed by atoms with Gasteiger partial charge in [0.05, 0.1) is 13.3 Å². The molecule has 0 radical (unpaired) electrons.